The summed E-state index contributed by atoms with van der Waals surface area (Å²) in [7, 11) is 0. The largest absolute Gasteiger partial charge is 0.368 e. The second-order valence-electron chi connectivity index (χ2n) is 1.68. The number of hydrogen-bond acceptors (Lipinski definition) is 3. The lowest BCUT2D eigenvalue weighted by molar-refractivity contribution is -0.123. The summed E-state index contributed by atoms with van der Waals surface area (Å²) in [5, 5.41) is 2.35. The van der Waals surface area contributed by atoms with Crippen LogP contribution >= 0.6 is 11.8 Å². The van der Waals surface area contributed by atoms with Gasteiger partial charge in [-0.05, 0) is 6.26 Å². The zero-order valence-electron chi connectivity index (χ0n) is 5.72. The number of nitrogens with one attached hydrogen (secondary N) is 1. The SMILES string of the molecule is CSCC(=O)NCC(N)=O. The van der Waals surface area contributed by atoms with Crippen LogP contribution in [0.1, 0.15) is 0 Å². The Kier molecular flexibility index (Phi) is 4.74. The van der Waals surface area contributed by atoms with E-state index in [1.807, 2.05) is 6.26 Å². The van der Waals surface area contributed by atoms with Crippen LogP contribution in [0.15, 0.2) is 0 Å². The van der Waals surface area contributed by atoms with Crippen LogP contribution in [0.2, 0.25) is 0 Å². The van der Waals surface area contributed by atoms with E-state index in [2.05, 4.69) is 5.32 Å². The van der Waals surface area contributed by atoms with Gasteiger partial charge in [-0.2, -0.15) is 11.8 Å². The van der Waals surface area contributed by atoms with Crippen LogP contribution in [0.3, 0.4) is 0 Å². The summed E-state index contributed by atoms with van der Waals surface area (Å²) in [5.41, 5.74) is 4.78. The van der Waals surface area contributed by atoms with Gasteiger partial charge in [-0.25, -0.2) is 0 Å². The Balaban J connectivity index is 3.30. The van der Waals surface area contributed by atoms with E-state index in [1.54, 1.807) is 0 Å². The van der Waals surface area contributed by atoms with Gasteiger partial charge in [-0.15, -0.1) is 0 Å². The minimum Gasteiger partial charge on any atom is -0.368 e. The molecule has 0 aliphatic rings. The maximum absolute atomic E-state index is 10.6. The number of nitrogens with two attached hydrogens (primary N) is 1. The van der Waals surface area contributed by atoms with Gasteiger partial charge in [-0.1, -0.05) is 0 Å². The molecule has 0 aromatic carbocycles. The smallest absolute Gasteiger partial charge is 0.236 e. The molecule has 0 aromatic heterocycles. The molecule has 0 saturated carbocycles. The van der Waals surface area contributed by atoms with Crippen molar-refractivity contribution in [1.29, 1.82) is 0 Å². The fourth-order valence-electron chi connectivity index (χ4n) is 0.368. The summed E-state index contributed by atoms with van der Waals surface area (Å²) >= 11 is 1.40. The molecular weight excluding hydrogens is 152 g/mol. The highest BCUT2D eigenvalue weighted by Gasteiger charge is 1.99. The number of primary amides is 1. The average Bonchev–Trinajstić information content (AvgIpc) is 1.85. The van der Waals surface area contributed by atoms with Gasteiger partial charge < -0.3 is 11.1 Å². The van der Waals surface area contributed by atoms with Crippen molar-refractivity contribution in [1.82, 2.24) is 5.32 Å². The molecule has 0 radical (unpaired) electrons. The fraction of sp³-hybridized carbons (Fsp3) is 0.600. The zero-order valence-corrected chi connectivity index (χ0v) is 6.53. The number of hydrogen-bond donors (Lipinski definition) is 2. The van der Waals surface area contributed by atoms with Crippen LogP contribution in [0.5, 0.6) is 0 Å². The highest BCUT2D eigenvalue weighted by Crippen LogP contribution is 1.88. The van der Waals surface area contributed by atoms with Gasteiger partial charge in [0, 0.05) is 0 Å². The predicted molar refractivity (Wildman–Crippen MR) is 40.6 cm³/mol. The normalized spacial score (nSPS) is 8.90. The van der Waals surface area contributed by atoms with Crippen LogP contribution in [0, 0.1) is 0 Å². The molecule has 4 nitrogen and oxygen atoms in total. The molecule has 0 aromatic rings. The van der Waals surface area contributed by atoms with E-state index >= 15 is 0 Å². The first-order valence-corrected chi connectivity index (χ1v) is 4.10. The van der Waals surface area contributed by atoms with Gasteiger partial charge in [0.05, 0.1) is 12.3 Å². The maximum Gasteiger partial charge on any atom is 0.236 e. The van der Waals surface area contributed by atoms with Crippen molar-refractivity contribution in [2.24, 2.45) is 5.73 Å². The Morgan fingerprint density at radius 1 is 1.60 bits per heavy atom. The summed E-state index contributed by atoms with van der Waals surface area (Å²) in [5.74, 6) is -0.312. The topological polar surface area (TPSA) is 72.2 Å². The monoisotopic (exact) mass is 162 g/mol. The fourth-order valence-corrected chi connectivity index (χ4v) is 0.732. The molecule has 3 N–H and O–H groups in total. The summed E-state index contributed by atoms with van der Waals surface area (Å²) in [6, 6.07) is 0. The van der Waals surface area contributed by atoms with E-state index in [-0.39, 0.29) is 12.5 Å². The predicted octanol–water partition coefficient (Wildman–Crippen LogP) is -1.05. The Morgan fingerprint density at radius 2 is 2.20 bits per heavy atom. The second kappa shape index (κ2) is 5.10. The molecule has 5 heteroatoms. The van der Waals surface area contributed by atoms with Gasteiger partial charge in [0.25, 0.3) is 0 Å². The lowest BCUT2D eigenvalue weighted by Gasteiger charge is -1.98. The van der Waals surface area contributed by atoms with Crippen molar-refractivity contribution >= 4 is 23.6 Å². The number of carbonyl (C=O) groups is 2. The van der Waals surface area contributed by atoms with E-state index in [1.165, 1.54) is 11.8 Å². The summed E-state index contributed by atoms with van der Waals surface area (Å²) in [6.07, 6.45) is 1.81. The molecule has 0 heterocycles. The van der Waals surface area contributed by atoms with Crippen LogP contribution < -0.4 is 11.1 Å². The van der Waals surface area contributed by atoms with Crippen molar-refractivity contribution in [3.63, 3.8) is 0 Å². The molecule has 10 heavy (non-hydrogen) atoms. The second-order valence-corrected chi connectivity index (χ2v) is 2.54. The van der Waals surface area contributed by atoms with E-state index < -0.39 is 5.91 Å². The minimum atomic E-state index is -0.519. The lowest BCUT2D eigenvalue weighted by atomic mass is 10.6. The van der Waals surface area contributed by atoms with Gasteiger partial charge >= 0.3 is 0 Å². The highest BCUT2D eigenvalue weighted by atomic mass is 32.2. The number of carbonyl (C=O) groups excluding carboxylic acids is 2. The van der Waals surface area contributed by atoms with Crippen molar-refractivity contribution in [3.05, 3.63) is 0 Å². The Hall–Kier alpha value is -0.710. The molecule has 58 valence electrons. The van der Waals surface area contributed by atoms with Crippen LogP contribution in [0.25, 0.3) is 0 Å². The van der Waals surface area contributed by atoms with E-state index in [4.69, 9.17) is 5.73 Å². The average molecular weight is 162 g/mol. The van der Waals surface area contributed by atoms with Crippen LogP contribution in [0.4, 0.5) is 0 Å². The molecule has 0 rings (SSSR count). The molecule has 0 bridgehead atoms. The molecular formula is C5H10N2O2S. The molecule has 0 spiro atoms. The minimum absolute atomic E-state index is 0.0700. The van der Waals surface area contributed by atoms with Crippen molar-refractivity contribution in [2.75, 3.05) is 18.6 Å². The molecule has 0 unspecified atom stereocenters. The number of rotatable bonds is 4. The summed E-state index contributed by atoms with van der Waals surface area (Å²) in [6.45, 7) is -0.0700. The van der Waals surface area contributed by atoms with Gasteiger partial charge in [0.1, 0.15) is 0 Å². The van der Waals surface area contributed by atoms with Gasteiger partial charge in [0.15, 0.2) is 0 Å². The Morgan fingerprint density at radius 3 is 2.60 bits per heavy atom. The Bertz CT molecular complexity index is 138. The lowest BCUT2D eigenvalue weighted by Crippen LogP contribution is -2.34. The van der Waals surface area contributed by atoms with Crippen molar-refractivity contribution in [3.8, 4) is 0 Å². The molecule has 0 saturated heterocycles. The van der Waals surface area contributed by atoms with E-state index in [0.717, 1.165) is 0 Å². The third-order valence-electron chi connectivity index (χ3n) is 0.735. The van der Waals surface area contributed by atoms with Crippen LogP contribution in [-0.2, 0) is 9.59 Å². The molecule has 0 aliphatic heterocycles. The zero-order chi connectivity index (χ0) is 7.98. The molecule has 0 fully saturated rings. The highest BCUT2D eigenvalue weighted by molar-refractivity contribution is 7.99. The van der Waals surface area contributed by atoms with Crippen molar-refractivity contribution in [2.45, 2.75) is 0 Å². The van der Waals surface area contributed by atoms with Gasteiger partial charge in [-0.3, -0.25) is 9.59 Å². The third kappa shape index (κ3) is 5.43. The standard InChI is InChI=1S/C5H10N2O2S/c1-10-3-5(9)7-2-4(6)8/h2-3H2,1H3,(H2,6,8)(H,7,9). The molecule has 0 aliphatic carbocycles. The summed E-state index contributed by atoms with van der Waals surface area (Å²) < 4.78 is 0. The Labute approximate surface area is 63.5 Å². The number of thioether (sulfide) groups is 1. The van der Waals surface area contributed by atoms with Crippen LogP contribution in [-0.4, -0.2) is 30.4 Å². The summed E-state index contributed by atoms with van der Waals surface area (Å²) in [4.78, 5) is 20.7. The van der Waals surface area contributed by atoms with E-state index in [9.17, 15) is 9.59 Å². The molecule has 0 atom stereocenters. The van der Waals surface area contributed by atoms with Gasteiger partial charge in [0.2, 0.25) is 11.8 Å². The maximum atomic E-state index is 10.6. The van der Waals surface area contributed by atoms with Crippen molar-refractivity contribution < 1.29 is 9.59 Å². The molecule has 2 amide bonds. The first-order chi connectivity index (χ1) is 4.66. The third-order valence-corrected chi connectivity index (χ3v) is 1.29. The quantitative estimate of drug-likeness (QED) is 0.554. The van der Waals surface area contributed by atoms with E-state index in [0.29, 0.717) is 5.75 Å². The number of amides is 2. The first kappa shape index (κ1) is 9.29. The first-order valence-electron chi connectivity index (χ1n) is 2.70.